The minimum atomic E-state index is -0.0516. The van der Waals surface area contributed by atoms with Crippen LogP contribution in [-0.2, 0) is 0 Å². The molecule has 1 saturated carbocycles. The largest absolute Gasteiger partial charge is 0.385 e. The third kappa shape index (κ3) is 2.77. The van der Waals surface area contributed by atoms with Gasteiger partial charge in [0.2, 0.25) is 0 Å². The number of H-pyrrole nitrogens is 2. The number of rotatable bonds is 4. The highest BCUT2D eigenvalue weighted by Crippen LogP contribution is 2.38. The van der Waals surface area contributed by atoms with Crippen LogP contribution in [0.15, 0.2) is 35.3 Å². The number of imidazole rings is 1. The van der Waals surface area contributed by atoms with E-state index in [2.05, 4.69) is 47.3 Å². The lowest BCUT2D eigenvalue weighted by Crippen LogP contribution is -2.08. The lowest BCUT2D eigenvalue weighted by Gasteiger charge is -2.11. The lowest BCUT2D eigenvalue weighted by atomic mass is 10.0. The van der Waals surface area contributed by atoms with Crippen LogP contribution in [0, 0.1) is 5.92 Å². The number of benzene rings is 2. The summed E-state index contributed by atoms with van der Waals surface area (Å²) in [5.41, 5.74) is 2.98. The summed E-state index contributed by atoms with van der Waals surface area (Å²) >= 11 is 0. The molecule has 4 aromatic rings. The quantitative estimate of drug-likeness (QED) is 0.425. The maximum atomic E-state index is 12.7. The zero-order chi connectivity index (χ0) is 19.3. The van der Waals surface area contributed by atoms with Crippen molar-refractivity contribution in [2.45, 2.75) is 45.4 Å². The molecule has 5 heteroatoms. The summed E-state index contributed by atoms with van der Waals surface area (Å²) in [6, 6.07) is 8.25. The second kappa shape index (κ2) is 6.66. The number of hydrogen-bond donors (Lipinski definition) is 3. The average molecular weight is 374 g/mol. The van der Waals surface area contributed by atoms with Crippen molar-refractivity contribution in [3.63, 3.8) is 0 Å². The van der Waals surface area contributed by atoms with Crippen molar-refractivity contribution in [2.75, 3.05) is 11.9 Å². The predicted octanol–water partition coefficient (Wildman–Crippen LogP) is 5.28. The topological polar surface area (TPSA) is 73.6 Å². The van der Waals surface area contributed by atoms with E-state index in [-0.39, 0.29) is 5.56 Å². The highest BCUT2D eigenvalue weighted by atomic mass is 16.1. The Kier molecular flexibility index (Phi) is 4.11. The molecule has 0 saturated heterocycles. The summed E-state index contributed by atoms with van der Waals surface area (Å²) in [7, 11) is 0. The first kappa shape index (κ1) is 17.3. The molecule has 1 aliphatic carbocycles. The van der Waals surface area contributed by atoms with Crippen molar-refractivity contribution in [3.05, 3.63) is 46.6 Å². The number of aromatic amines is 2. The van der Waals surface area contributed by atoms with E-state index >= 15 is 0 Å². The Morgan fingerprint density at radius 1 is 1.14 bits per heavy atom. The van der Waals surface area contributed by atoms with Gasteiger partial charge >= 0.3 is 0 Å². The Morgan fingerprint density at radius 3 is 2.75 bits per heavy atom. The number of pyridine rings is 1. The molecule has 0 bridgehead atoms. The fraction of sp³-hybridized carbons (Fsp3) is 0.391. The van der Waals surface area contributed by atoms with E-state index in [4.69, 9.17) is 4.98 Å². The number of anilines is 1. The van der Waals surface area contributed by atoms with Gasteiger partial charge in [-0.2, -0.15) is 0 Å². The molecule has 0 unspecified atom stereocenters. The maximum absolute atomic E-state index is 12.7. The first-order valence-electron chi connectivity index (χ1n) is 10.3. The standard InChI is InChI=1S/C23H26N4O/c1-13(2)12-25-15-7-8-16-18(11-15)21-20(17-9-10-24-23(28)19(16)17)26-22(27-21)14-5-3-4-6-14/h7-11,13-14,25H,3-6,12H2,1-2H3,(H,24,28)(H,26,27). The number of nitrogens with one attached hydrogen (secondary N) is 3. The van der Waals surface area contributed by atoms with Gasteiger partial charge in [0, 0.05) is 35.1 Å². The van der Waals surface area contributed by atoms with Gasteiger partial charge in [-0.1, -0.05) is 32.8 Å². The van der Waals surface area contributed by atoms with Gasteiger partial charge in [0.05, 0.1) is 16.4 Å². The minimum absolute atomic E-state index is 0.0516. The van der Waals surface area contributed by atoms with Gasteiger partial charge < -0.3 is 15.3 Å². The van der Waals surface area contributed by atoms with Crippen LogP contribution in [0.3, 0.4) is 0 Å². The first-order valence-corrected chi connectivity index (χ1v) is 10.3. The Morgan fingerprint density at radius 2 is 1.96 bits per heavy atom. The van der Waals surface area contributed by atoms with Gasteiger partial charge in [-0.25, -0.2) is 4.98 Å². The smallest absolute Gasteiger partial charge is 0.256 e. The van der Waals surface area contributed by atoms with Crippen LogP contribution in [0.5, 0.6) is 0 Å². The number of nitrogens with zero attached hydrogens (tertiary/aromatic N) is 1. The van der Waals surface area contributed by atoms with E-state index in [1.807, 2.05) is 6.07 Å². The molecule has 1 fully saturated rings. The van der Waals surface area contributed by atoms with Crippen LogP contribution in [0.2, 0.25) is 0 Å². The molecule has 0 radical (unpaired) electrons. The normalized spacial score (nSPS) is 15.4. The third-order valence-electron chi connectivity index (χ3n) is 5.95. The number of aromatic nitrogens is 3. The van der Waals surface area contributed by atoms with Crippen molar-refractivity contribution in [2.24, 2.45) is 5.92 Å². The highest BCUT2D eigenvalue weighted by molar-refractivity contribution is 6.23. The van der Waals surface area contributed by atoms with E-state index < -0.39 is 0 Å². The van der Waals surface area contributed by atoms with E-state index in [0.29, 0.717) is 11.8 Å². The summed E-state index contributed by atoms with van der Waals surface area (Å²) in [4.78, 5) is 24.2. The van der Waals surface area contributed by atoms with Crippen LogP contribution in [-0.4, -0.2) is 21.5 Å². The van der Waals surface area contributed by atoms with Crippen LogP contribution in [0.25, 0.3) is 32.6 Å². The highest BCUT2D eigenvalue weighted by Gasteiger charge is 2.22. The molecule has 2 aromatic carbocycles. The SMILES string of the molecule is CC(C)CNc1ccc2c(c1)c1nc(C3CCCC3)[nH]c1c1cc[nH]c(=O)c21. The average Bonchev–Trinajstić information content (AvgIpc) is 3.36. The molecule has 0 atom stereocenters. The predicted molar refractivity (Wildman–Crippen MR) is 116 cm³/mol. The molecule has 144 valence electrons. The minimum Gasteiger partial charge on any atom is -0.385 e. The van der Waals surface area contributed by atoms with Crippen LogP contribution < -0.4 is 10.9 Å². The fourth-order valence-corrected chi connectivity index (χ4v) is 4.52. The van der Waals surface area contributed by atoms with Gasteiger partial charge in [0.25, 0.3) is 5.56 Å². The molecular formula is C23H26N4O. The summed E-state index contributed by atoms with van der Waals surface area (Å²) in [5, 5.41) is 7.19. The van der Waals surface area contributed by atoms with Crippen molar-refractivity contribution in [1.82, 2.24) is 15.0 Å². The van der Waals surface area contributed by atoms with Crippen LogP contribution >= 0.6 is 0 Å². The summed E-state index contributed by atoms with van der Waals surface area (Å²) in [6.07, 6.45) is 6.65. The third-order valence-corrected chi connectivity index (χ3v) is 5.95. The van der Waals surface area contributed by atoms with Gasteiger partial charge in [0.15, 0.2) is 0 Å². The number of hydrogen-bond acceptors (Lipinski definition) is 3. The molecule has 5 nitrogen and oxygen atoms in total. The van der Waals surface area contributed by atoms with Gasteiger partial charge in [0.1, 0.15) is 5.82 Å². The zero-order valence-corrected chi connectivity index (χ0v) is 16.4. The Bertz CT molecular complexity index is 1230. The van der Waals surface area contributed by atoms with E-state index in [1.165, 1.54) is 25.7 Å². The monoisotopic (exact) mass is 374 g/mol. The van der Waals surface area contributed by atoms with E-state index in [1.54, 1.807) is 6.20 Å². The Hall–Kier alpha value is -2.82. The molecule has 0 aliphatic heterocycles. The second-order valence-corrected chi connectivity index (χ2v) is 8.46. The zero-order valence-electron chi connectivity index (χ0n) is 16.4. The molecule has 3 N–H and O–H groups in total. The van der Waals surface area contributed by atoms with E-state index in [9.17, 15) is 4.79 Å². The molecular weight excluding hydrogens is 348 g/mol. The van der Waals surface area contributed by atoms with Crippen molar-refractivity contribution in [3.8, 4) is 0 Å². The van der Waals surface area contributed by atoms with Gasteiger partial charge in [-0.05, 0) is 42.3 Å². The maximum Gasteiger partial charge on any atom is 0.256 e. The van der Waals surface area contributed by atoms with Crippen molar-refractivity contribution < 1.29 is 0 Å². The second-order valence-electron chi connectivity index (χ2n) is 8.46. The van der Waals surface area contributed by atoms with Gasteiger partial charge in [-0.15, -0.1) is 0 Å². The van der Waals surface area contributed by atoms with E-state index in [0.717, 1.165) is 50.6 Å². The summed E-state index contributed by atoms with van der Waals surface area (Å²) < 4.78 is 0. The molecule has 1 aliphatic rings. The lowest BCUT2D eigenvalue weighted by molar-refractivity contribution is 0.681. The van der Waals surface area contributed by atoms with Crippen LogP contribution in [0.4, 0.5) is 5.69 Å². The molecule has 0 amide bonds. The van der Waals surface area contributed by atoms with Crippen molar-refractivity contribution in [1.29, 1.82) is 0 Å². The first-order chi connectivity index (χ1) is 13.6. The number of fused-ring (bicyclic) bond motifs is 6. The molecule has 2 heterocycles. The van der Waals surface area contributed by atoms with Crippen LogP contribution in [0.1, 0.15) is 51.3 Å². The van der Waals surface area contributed by atoms with Gasteiger partial charge in [-0.3, -0.25) is 4.79 Å². The summed E-state index contributed by atoms with van der Waals surface area (Å²) in [5.74, 6) is 2.14. The molecule has 5 rings (SSSR count). The molecule has 0 spiro atoms. The Labute approximate surface area is 163 Å². The summed E-state index contributed by atoms with van der Waals surface area (Å²) in [6.45, 7) is 5.30. The van der Waals surface area contributed by atoms with Crippen molar-refractivity contribution >= 4 is 38.3 Å². The Balaban J connectivity index is 1.81. The molecule has 28 heavy (non-hydrogen) atoms. The molecule has 2 aromatic heterocycles. The fourth-order valence-electron chi connectivity index (χ4n) is 4.52.